The molecule has 1 aromatic rings. The van der Waals surface area contributed by atoms with Gasteiger partial charge in [0.05, 0.1) is 0 Å². The van der Waals surface area contributed by atoms with Gasteiger partial charge in [0.25, 0.3) is 0 Å². The average molecular weight is 173 g/mol. The summed E-state index contributed by atoms with van der Waals surface area (Å²) in [5.74, 6) is 0.252. The molecule has 11 heavy (non-hydrogen) atoms. The lowest BCUT2D eigenvalue weighted by atomic mass is 10.2. The molecule has 0 aromatic heterocycles. The number of rotatable bonds is 0. The van der Waals surface area contributed by atoms with Crippen molar-refractivity contribution in [3.8, 4) is 5.75 Å². The number of aromatic hydroxyl groups is 1. The van der Waals surface area contributed by atoms with Gasteiger partial charge in [-0.25, -0.2) is 0 Å². The van der Waals surface area contributed by atoms with Crippen LogP contribution in [-0.4, -0.2) is 5.11 Å². The Morgan fingerprint density at radius 2 is 1.82 bits per heavy atom. The molecule has 0 radical (unpaired) electrons. The van der Waals surface area contributed by atoms with Crippen LogP contribution in [0, 0.1) is 6.92 Å². The Bertz CT molecular complexity index is 221. The van der Waals surface area contributed by atoms with Gasteiger partial charge in [-0.05, 0) is 24.6 Å². The summed E-state index contributed by atoms with van der Waals surface area (Å²) in [4.78, 5) is 0. The summed E-state index contributed by atoms with van der Waals surface area (Å²) in [6.07, 6.45) is 0. The largest absolute Gasteiger partial charge is 0.508 e. The Hall–Kier alpha value is -0.690. The van der Waals surface area contributed by atoms with Crippen molar-refractivity contribution in [3.63, 3.8) is 0 Å². The normalized spacial score (nSPS) is 8.36. The van der Waals surface area contributed by atoms with E-state index >= 15 is 0 Å². The zero-order chi connectivity index (χ0) is 8.85. The van der Waals surface area contributed by atoms with Crippen molar-refractivity contribution in [2.45, 2.75) is 20.8 Å². The van der Waals surface area contributed by atoms with Crippen LogP contribution < -0.4 is 0 Å². The highest BCUT2D eigenvalue weighted by Gasteiger charge is 1.93. The van der Waals surface area contributed by atoms with E-state index in [4.69, 9.17) is 16.7 Å². The molecule has 0 amide bonds. The first-order chi connectivity index (χ1) is 5.20. The van der Waals surface area contributed by atoms with Gasteiger partial charge in [0.1, 0.15) is 5.75 Å². The third kappa shape index (κ3) is 3.28. The van der Waals surface area contributed by atoms with Crippen LogP contribution in [-0.2, 0) is 0 Å². The molecular formula is C9H13ClO. The van der Waals surface area contributed by atoms with Gasteiger partial charge in [0.2, 0.25) is 0 Å². The van der Waals surface area contributed by atoms with Crippen LogP contribution in [0.4, 0.5) is 0 Å². The Kier molecular flexibility index (Phi) is 4.71. The standard InChI is InChI=1S/C7H7ClO.C2H6/c1-5-2-3-6(8)4-7(5)9;1-2/h2-4,9H,1H3;1-2H3. The van der Waals surface area contributed by atoms with Gasteiger partial charge >= 0.3 is 0 Å². The maximum Gasteiger partial charge on any atom is 0.119 e. The molecule has 1 nitrogen and oxygen atoms in total. The number of hydrogen-bond acceptors (Lipinski definition) is 1. The fraction of sp³-hybridized carbons (Fsp3) is 0.333. The summed E-state index contributed by atoms with van der Waals surface area (Å²) in [5.41, 5.74) is 0.847. The van der Waals surface area contributed by atoms with Crippen molar-refractivity contribution in [3.05, 3.63) is 28.8 Å². The van der Waals surface area contributed by atoms with E-state index in [2.05, 4.69) is 0 Å². The Labute approximate surface area is 72.6 Å². The summed E-state index contributed by atoms with van der Waals surface area (Å²) in [6, 6.07) is 5.05. The molecule has 1 aromatic carbocycles. The van der Waals surface area contributed by atoms with Crippen LogP contribution in [0.3, 0.4) is 0 Å². The molecule has 1 rings (SSSR count). The summed E-state index contributed by atoms with van der Waals surface area (Å²) < 4.78 is 0. The Morgan fingerprint density at radius 3 is 2.18 bits per heavy atom. The quantitative estimate of drug-likeness (QED) is 0.636. The van der Waals surface area contributed by atoms with Crippen LogP contribution in [0.25, 0.3) is 0 Å². The first kappa shape index (κ1) is 10.3. The number of hydrogen-bond donors (Lipinski definition) is 1. The Balaban J connectivity index is 0.000000461. The summed E-state index contributed by atoms with van der Waals surface area (Å²) in [6.45, 7) is 5.83. The predicted molar refractivity (Wildman–Crippen MR) is 49.2 cm³/mol. The minimum Gasteiger partial charge on any atom is -0.508 e. The van der Waals surface area contributed by atoms with Gasteiger partial charge in [0, 0.05) is 5.02 Å². The maximum atomic E-state index is 9.02. The summed E-state index contributed by atoms with van der Waals surface area (Å²) in [7, 11) is 0. The second-order valence-electron chi connectivity index (χ2n) is 1.93. The monoisotopic (exact) mass is 172 g/mol. The highest BCUT2D eigenvalue weighted by atomic mass is 35.5. The molecule has 0 fully saturated rings. The second kappa shape index (κ2) is 5.03. The molecule has 0 saturated carbocycles. The van der Waals surface area contributed by atoms with Gasteiger partial charge in [-0.15, -0.1) is 0 Å². The fourth-order valence-corrected chi connectivity index (χ4v) is 0.749. The number of aryl methyl sites for hydroxylation is 1. The first-order valence-electron chi connectivity index (χ1n) is 3.65. The number of phenols is 1. The van der Waals surface area contributed by atoms with Crippen molar-refractivity contribution in [2.75, 3.05) is 0 Å². The third-order valence-electron chi connectivity index (χ3n) is 1.17. The van der Waals surface area contributed by atoms with Gasteiger partial charge in [-0.3, -0.25) is 0 Å². The van der Waals surface area contributed by atoms with Crippen molar-refractivity contribution in [1.29, 1.82) is 0 Å². The molecule has 0 aliphatic rings. The lowest BCUT2D eigenvalue weighted by molar-refractivity contribution is 0.471. The maximum absolute atomic E-state index is 9.02. The highest BCUT2D eigenvalue weighted by Crippen LogP contribution is 2.19. The Morgan fingerprint density at radius 1 is 1.27 bits per heavy atom. The molecule has 0 unspecified atom stereocenters. The van der Waals surface area contributed by atoms with Gasteiger partial charge in [-0.1, -0.05) is 31.5 Å². The van der Waals surface area contributed by atoms with Gasteiger partial charge < -0.3 is 5.11 Å². The van der Waals surface area contributed by atoms with E-state index in [9.17, 15) is 0 Å². The number of benzene rings is 1. The molecular weight excluding hydrogens is 160 g/mol. The SMILES string of the molecule is CC.Cc1ccc(Cl)cc1O. The molecule has 0 bridgehead atoms. The van der Waals surface area contributed by atoms with Crippen LogP contribution >= 0.6 is 11.6 Å². The fourth-order valence-electron chi connectivity index (χ4n) is 0.583. The van der Waals surface area contributed by atoms with Crippen LogP contribution in [0.2, 0.25) is 5.02 Å². The minimum atomic E-state index is 0.252. The van der Waals surface area contributed by atoms with Crippen LogP contribution in [0.1, 0.15) is 19.4 Å². The van der Waals surface area contributed by atoms with E-state index in [1.54, 1.807) is 12.1 Å². The molecule has 0 heterocycles. The number of phenolic OH excluding ortho intramolecular Hbond substituents is 1. The average Bonchev–Trinajstić information content (AvgIpc) is 2.02. The molecule has 0 atom stereocenters. The van der Waals surface area contributed by atoms with E-state index in [1.165, 1.54) is 6.07 Å². The second-order valence-corrected chi connectivity index (χ2v) is 2.37. The highest BCUT2D eigenvalue weighted by molar-refractivity contribution is 6.30. The molecule has 2 heteroatoms. The summed E-state index contributed by atoms with van der Waals surface area (Å²) in [5, 5.41) is 9.58. The molecule has 1 N–H and O–H groups in total. The minimum absolute atomic E-state index is 0.252. The van der Waals surface area contributed by atoms with E-state index in [1.807, 2.05) is 20.8 Å². The van der Waals surface area contributed by atoms with Crippen molar-refractivity contribution in [1.82, 2.24) is 0 Å². The van der Waals surface area contributed by atoms with Crippen LogP contribution in [0.15, 0.2) is 18.2 Å². The zero-order valence-electron chi connectivity index (χ0n) is 7.06. The summed E-state index contributed by atoms with van der Waals surface area (Å²) >= 11 is 5.56. The van der Waals surface area contributed by atoms with Crippen molar-refractivity contribution >= 4 is 11.6 Å². The van der Waals surface area contributed by atoms with E-state index in [-0.39, 0.29) is 5.75 Å². The molecule has 62 valence electrons. The van der Waals surface area contributed by atoms with E-state index in [0.29, 0.717) is 5.02 Å². The topological polar surface area (TPSA) is 20.2 Å². The van der Waals surface area contributed by atoms with E-state index in [0.717, 1.165) is 5.56 Å². The van der Waals surface area contributed by atoms with Crippen molar-refractivity contribution < 1.29 is 5.11 Å². The third-order valence-corrected chi connectivity index (χ3v) is 1.41. The lowest BCUT2D eigenvalue weighted by Gasteiger charge is -1.95. The predicted octanol–water partition coefficient (Wildman–Crippen LogP) is 3.38. The number of halogens is 1. The van der Waals surface area contributed by atoms with Crippen LogP contribution in [0.5, 0.6) is 5.75 Å². The molecule has 0 aliphatic carbocycles. The van der Waals surface area contributed by atoms with Gasteiger partial charge in [-0.2, -0.15) is 0 Å². The smallest absolute Gasteiger partial charge is 0.119 e. The zero-order valence-corrected chi connectivity index (χ0v) is 7.81. The van der Waals surface area contributed by atoms with Crippen molar-refractivity contribution in [2.24, 2.45) is 0 Å². The molecule has 0 spiro atoms. The molecule has 0 saturated heterocycles. The van der Waals surface area contributed by atoms with E-state index < -0.39 is 0 Å². The molecule has 0 aliphatic heterocycles. The first-order valence-corrected chi connectivity index (χ1v) is 4.03. The lowest BCUT2D eigenvalue weighted by Crippen LogP contribution is -1.71. The van der Waals surface area contributed by atoms with Gasteiger partial charge in [0.15, 0.2) is 0 Å².